The Balaban J connectivity index is 4.38. The molecule has 0 bridgehead atoms. The van der Waals surface area contributed by atoms with E-state index in [1.165, 1.54) is 0 Å². The molecule has 0 spiro atoms. The maximum Gasteiger partial charge on any atom is 0.180 e. The van der Waals surface area contributed by atoms with Crippen LogP contribution in [0, 0.1) is 0 Å². The second kappa shape index (κ2) is 6.69. The highest BCUT2D eigenvalue weighted by molar-refractivity contribution is 6.09. The van der Waals surface area contributed by atoms with Crippen molar-refractivity contribution in [2.75, 3.05) is 6.54 Å². The van der Waals surface area contributed by atoms with Gasteiger partial charge in [-0.25, -0.2) is 0 Å². The number of unbranched alkanes of at least 4 members (excludes halogenated alkanes) is 1. The maximum absolute atomic E-state index is 11.7. The molecular weight excluding hydrogens is 194 g/mol. The monoisotopic (exact) mass is 215 g/mol. The van der Waals surface area contributed by atoms with Crippen LogP contribution in [0.1, 0.15) is 46.0 Å². The summed E-state index contributed by atoms with van der Waals surface area (Å²) in [6, 6.07) is 0. The van der Waals surface area contributed by atoms with E-state index >= 15 is 0 Å². The summed E-state index contributed by atoms with van der Waals surface area (Å²) in [5.74, 6) is -0.756. The van der Waals surface area contributed by atoms with Crippen molar-refractivity contribution in [1.82, 2.24) is 0 Å². The Bertz CT molecular complexity index is 228. The van der Waals surface area contributed by atoms with Gasteiger partial charge in [-0.1, -0.05) is 13.8 Å². The Morgan fingerprint density at radius 1 is 1.20 bits per heavy atom. The summed E-state index contributed by atoms with van der Waals surface area (Å²) in [7, 11) is 0. The van der Waals surface area contributed by atoms with Crippen molar-refractivity contribution < 1.29 is 14.7 Å². The first kappa shape index (κ1) is 14.3. The standard InChI is InChI=1S/C11H21NO3/c1-3-9(13)11(15,4-2)10(14)7-5-6-8-12/h15H,3-8,12H2,1-2H3/t11-/m0/s1. The van der Waals surface area contributed by atoms with Crippen LogP contribution in [0.15, 0.2) is 0 Å². The molecular formula is C11H21NO3. The van der Waals surface area contributed by atoms with Crippen LogP contribution in [0.25, 0.3) is 0 Å². The number of aliphatic hydroxyl groups is 1. The molecule has 0 fully saturated rings. The molecule has 0 amide bonds. The van der Waals surface area contributed by atoms with E-state index in [4.69, 9.17) is 5.73 Å². The van der Waals surface area contributed by atoms with Gasteiger partial charge in [-0.2, -0.15) is 0 Å². The molecule has 0 saturated carbocycles. The van der Waals surface area contributed by atoms with Gasteiger partial charge in [0.05, 0.1) is 0 Å². The number of carbonyl (C=O) groups is 2. The lowest BCUT2D eigenvalue weighted by Crippen LogP contribution is -2.45. The lowest BCUT2D eigenvalue weighted by Gasteiger charge is -2.23. The van der Waals surface area contributed by atoms with Crippen LogP contribution in [0.4, 0.5) is 0 Å². The molecule has 0 rings (SSSR count). The Hall–Kier alpha value is -0.740. The molecule has 4 heteroatoms. The molecule has 0 aliphatic rings. The topological polar surface area (TPSA) is 80.4 Å². The highest BCUT2D eigenvalue weighted by Gasteiger charge is 2.39. The van der Waals surface area contributed by atoms with E-state index in [1.807, 2.05) is 0 Å². The third-order valence-electron chi connectivity index (χ3n) is 2.61. The molecule has 0 aromatic heterocycles. The molecule has 0 heterocycles. The fourth-order valence-corrected chi connectivity index (χ4v) is 1.48. The second-order valence-corrected chi connectivity index (χ2v) is 3.66. The minimum Gasteiger partial charge on any atom is -0.375 e. The fraction of sp³-hybridized carbons (Fsp3) is 0.818. The van der Waals surface area contributed by atoms with Crippen molar-refractivity contribution in [3.63, 3.8) is 0 Å². The molecule has 3 N–H and O–H groups in total. The van der Waals surface area contributed by atoms with Crippen LogP contribution in [-0.2, 0) is 9.59 Å². The predicted octanol–water partition coefficient (Wildman–Crippen LogP) is 0.805. The lowest BCUT2D eigenvalue weighted by atomic mass is 9.86. The van der Waals surface area contributed by atoms with Gasteiger partial charge in [0.1, 0.15) is 0 Å². The van der Waals surface area contributed by atoms with Crippen LogP contribution in [-0.4, -0.2) is 28.8 Å². The molecule has 0 aromatic carbocycles. The second-order valence-electron chi connectivity index (χ2n) is 3.66. The first-order valence-electron chi connectivity index (χ1n) is 5.51. The first-order chi connectivity index (χ1) is 7.02. The molecule has 88 valence electrons. The van der Waals surface area contributed by atoms with E-state index in [1.54, 1.807) is 13.8 Å². The Labute approximate surface area is 90.8 Å². The summed E-state index contributed by atoms with van der Waals surface area (Å²) >= 11 is 0. The zero-order chi connectivity index (χ0) is 11.9. The van der Waals surface area contributed by atoms with E-state index in [0.717, 1.165) is 6.42 Å². The van der Waals surface area contributed by atoms with Crippen LogP contribution in [0.3, 0.4) is 0 Å². The number of hydrogen-bond acceptors (Lipinski definition) is 4. The molecule has 15 heavy (non-hydrogen) atoms. The zero-order valence-electron chi connectivity index (χ0n) is 9.58. The van der Waals surface area contributed by atoms with E-state index < -0.39 is 5.60 Å². The number of carbonyl (C=O) groups excluding carboxylic acids is 2. The minimum atomic E-state index is -1.76. The van der Waals surface area contributed by atoms with E-state index in [9.17, 15) is 14.7 Å². The van der Waals surface area contributed by atoms with Gasteiger partial charge >= 0.3 is 0 Å². The van der Waals surface area contributed by atoms with Crippen LogP contribution < -0.4 is 5.73 Å². The molecule has 0 radical (unpaired) electrons. The number of nitrogens with two attached hydrogens (primary N) is 1. The summed E-state index contributed by atoms with van der Waals surface area (Å²) < 4.78 is 0. The SMILES string of the molecule is CCC(=O)[C@@](O)(CC)C(=O)CCCCN. The third kappa shape index (κ3) is 3.72. The molecule has 0 saturated heterocycles. The summed E-state index contributed by atoms with van der Waals surface area (Å²) in [6.45, 7) is 3.82. The van der Waals surface area contributed by atoms with Gasteiger partial charge in [0.2, 0.25) is 0 Å². The number of hydrogen-bond donors (Lipinski definition) is 2. The van der Waals surface area contributed by atoms with Crippen molar-refractivity contribution in [3.05, 3.63) is 0 Å². The quantitative estimate of drug-likeness (QED) is 0.463. The number of ketones is 2. The predicted molar refractivity (Wildman–Crippen MR) is 58.5 cm³/mol. The van der Waals surface area contributed by atoms with E-state index in [0.29, 0.717) is 13.0 Å². The van der Waals surface area contributed by atoms with E-state index in [-0.39, 0.29) is 30.8 Å². The molecule has 1 atom stereocenters. The smallest absolute Gasteiger partial charge is 0.180 e. The minimum absolute atomic E-state index is 0.154. The Morgan fingerprint density at radius 2 is 1.80 bits per heavy atom. The highest BCUT2D eigenvalue weighted by Crippen LogP contribution is 2.18. The summed E-state index contributed by atoms with van der Waals surface area (Å²) in [6.07, 6.45) is 1.95. The average molecular weight is 215 g/mol. The maximum atomic E-state index is 11.7. The van der Waals surface area contributed by atoms with Gasteiger partial charge in [0.15, 0.2) is 17.2 Å². The largest absolute Gasteiger partial charge is 0.375 e. The lowest BCUT2D eigenvalue weighted by molar-refractivity contribution is -0.151. The van der Waals surface area contributed by atoms with Gasteiger partial charge in [-0.3, -0.25) is 9.59 Å². The fourth-order valence-electron chi connectivity index (χ4n) is 1.48. The summed E-state index contributed by atoms with van der Waals surface area (Å²) in [4.78, 5) is 23.1. The Kier molecular flexibility index (Phi) is 6.36. The summed E-state index contributed by atoms with van der Waals surface area (Å²) in [5.41, 5.74) is 3.54. The first-order valence-corrected chi connectivity index (χ1v) is 5.51. The van der Waals surface area contributed by atoms with Crippen molar-refractivity contribution in [2.24, 2.45) is 5.73 Å². The van der Waals surface area contributed by atoms with Gasteiger partial charge in [0.25, 0.3) is 0 Å². The normalized spacial score (nSPS) is 14.7. The van der Waals surface area contributed by atoms with Crippen molar-refractivity contribution in [1.29, 1.82) is 0 Å². The average Bonchev–Trinajstić information content (AvgIpc) is 2.26. The highest BCUT2D eigenvalue weighted by atomic mass is 16.3. The Morgan fingerprint density at radius 3 is 2.20 bits per heavy atom. The zero-order valence-corrected chi connectivity index (χ0v) is 9.58. The number of rotatable bonds is 8. The van der Waals surface area contributed by atoms with Crippen molar-refractivity contribution >= 4 is 11.6 Å². The van der Waals surface area contributed by atoms with Gasteiger partial charge in [-0.05, 0) is 25.8 Å². The number of Topliss-reactive ketones (excluding diaryl/α,β-unsaturated/α-hetero) is 2. The third-order valence-corrected chi connectivity index (χ3v) is 2.61. The molecule has 4 nitrogen and oxygen atoms in total. The van der Waals surface area contributed by atoms with Gasteiger partial charge < -0.3 is 10.8 Å². The molecule has 0 aromatic rings. The van der Waals surface area contributed by atoms with Crippen LogP contribution in [0.5, 0.6) is 0 Å². The summed E-state index contributed by atoms with van der Waals surface area (Å²) in [5, 5.41) is 9.93. The van der Waals surface area contributed by atoms with Crippen molar-refractivity contribution in [2.45, 2.75) is 51.6 Å². The van der Waals surface area contributed by atoms with Crippen LogP contribution in [0.2, 0.25) is 0 Å². The van der Waals surface area contributed by atoms with E-state index in [2.05, 4.69) is 0 Å². The molecule has 0 aliphatic carbocycles. The van der Waals surface area contributed by atoms with Gasteiger partial charge in [-0.15, -0.1) is 0 Å². The van der Waals surface area contributed by atoms with Crippen molar-refractivity contribution in [3.8, 4) is 0 Å². The van der Waals surface area contributed by atoms with Crippen LogP contribution >= 0.6 is 0 Å². The van der Waals surface area contributed by atoms with Gasteiger partial charge in [0, 0.05) is 12.8 Å². The molecule has 0 aliphatic heterocycles. The molecule has 0 unspecified atom stereocenters.